The molecule has 11 heavy (non-hydrogen) atoms. The van der Waals surface area contributed by atoms with E-state index in [1.807, 2.05) is 0 Å². The molecule has 1 rings (SSSR count). The predicted molar refractivity (Wildman–Crippen MR) is 48.6 cm³/mol. The molecule has 2 nitrogen and oxygen atoms in total. The van der Waals surface area contributed by atoms with Crippen LogP contribution in [0.3, 0.4) is 0 Å². The summed E-state index contributed by atoms with van der Waals surface area (Å²) in [6.07, 6.45) is 5.32. The third kappa shape index (κ3) is 2.46. The van der Waals surface area contributed by atoms with Crippen LogP contribution in [0, 0.1) is 0 Å². The molecule has 0 aliphatic carbocycles. The van der Waals surface area contributed by atoms with Crippen LogP contribution in [0.15, 0.2) is 0 Å². The summed E-state index contributed by atoms with van der Waals surface area (Å²) in [5, 5.41) is 0. The highest BCUT2D eigenvalue weighted by Crippen LogP contribution is 2.15. The number of piperidine rings is 1. The molecule has 1 saturated heterocycles. The summed E-state index contributed by atoms with van der Waals surface area (Å²) in [6, 6.07) is 0.684. The van der Waals surface area contributed by atoms with Gasteiger partial charge in [-0.05, 0) is 32.4 Å². The first-order valence-electron chi connectivity index (χ1n) is 4.82. The number of nitrogens with two attached hydrogens (primary N) is 1. The summed E-state index contributed by atoms with van der Waals surface area (Å²) < 4.78 is 0. The Bertz CT molecular complexity index is 102. The molecule has 0 radical (unpaired) electrons. The van der Waals surface area contributed by atoms with Crippen LogP contribution in [-0.4, -0.2) is 30.6 Å². The Hall–Kier alpha value is -0.0800. The van der Waals surface area contributed by atoms with E-state index < -0.39 is 0 Å². The van der Waals surface area contributed by atoms with Gasteiger partial charge < -0.3 is 5.73 Å². The lowest BCUT2D eigenvalue weighted by molar-refractivity contribution is 0.153. The van der Waals surface area contributed by atoms with Crippen LogP contribution in [0.4, 0.5) is 0 Å². The summed E-state index contributed by atoms with van der Waals surface area (Å²) in [7, 11) is 0. The van der Waals surface area contributed by atoms with E-state index in [0.29, 0.717) is 6.04 Å². The molecule has 0 aromatic carbocycles. The molecule has 0 aromatic rings. The molecule has 0 amide bonds. The van der Waals surface area contributed by atoms with Crippen molar-refractivity contribution in [3.8, 4) is 0 Å². The van der Waals surface area contributed by atoms with Gasteiger partial charge in [0.1, 0.15) is 0 Å². The Labute approximate surface area is 69.8 Å². The molecule has 1 heterocycles. The maximum absolute atomic E-state index is 5.68. The van der Waals surface area contributed by atoms with Gasteiger partial charge in [-0.2, -0.15) is 0 Å². The molecule has 66 valence electrons. The van der Waals surface area contributed by atoms with Gasteiger partial charge in [-0.25, -0.2) is 0 Å². The zero-order chi connectivity index (χ0) is 8.10. The van der Waals surface area contributed by atoms with E-state index in [1.54, 1.807) is 0 Å². The van der Waals surface area contributed by atoms with Gasteiger partial charge in [0.2, 0.25) is 0 Å². The van der Waals surface area contributed by atoms with Crippen LogP contribution < -0.4 is 5.73 Å². The molecule has 1 aliphatic rings. The van der Waals surface area contributed by atoms with E-state index >= 15 is 0 Å². The van der Waals surface area contributed by atoms with E-state index in [0.717, 1.165) is 6.54 Å². The fraction of sp³-hybridized carbons (Fsp3) is 1.00. The van der Waals surface area contributed by atoms with Crippen LogP contribution in [0.5, 0.6) is 0 Å². The Morgan fingerprint density at radius 3 is 2.91 bits per heavy atom. The average molecular weight is 156 g/mol. The van der Waals surface area contributed by atoms with Gasteiger partial charge in [0, 0.05) is 12.6 Å². The molecule has 0 spiro atoms. The number of hydrogen-bond acceptors (Lipinski definition) is 2. The summed E-state index contributed by atoms with van der Waals surface area (Å²) in [5.41, 5.74) is 5.68. The molecular weight excluding hydrogens is 136 g/mol. The van der Waals surface area contributed by atoms with Crippen LogP contribution in [-0.2, 0) is 0 Å². The van der Waals surface area contributed by atoms with Gasteiger partial charge in [0.05, 0.1) is 0 Å². The van der Waals surface area contributed by atoms with E-state index in [9.17, 15) is 0 Å². The molecule has 0 unspecified atom stereocenters. The number of nitrogens with zero attached hydrogens (tertiary/aromatic N) is 1. The highest BCUT2D eigenvalue weighted by molar-refractivity contribution is 4.76. The number of rotatable bonds is 3. The lowest BCUT2D eigenvalue weighted by Crippen LogP contribution is -2.44. The van der Waals surface area contributed by atoms with Crippen molar-refractivity contribution in [3.05, 3.63) is 0 Å². The third-order valence-corrected chi connectivity index (χ3v) is 2.53. The normalized spacial score (nSPS) is 27.3. The average Bonchev–Trinajstić information content (AvgIpc) is 2.06. The minimum absolute atomic E-state index is 0.684. The summed E-state index contributed by atoms with van der Waals surface area (Å²) in [6.45, 7) is 5.60. The van der Waals surface area contributed by atoms with Crippen molar-refractivity contribution in [3.63, 3.8) is 0 Å². The highest BCUT2D eigenvalue weighted by Gasteiger charge is 2.19. The minimum atomic E-state index is 0.684. The first kappa shape index (κ1) is 9.01. The largest absolute Gasteiger partial charge is 0.329 e. The lowest BCUT2D eigenvalue weighted by atomic mass is 10.0. The van der Waals surface area contributed by atoms with Gasteiger partial charge >= 0.3 is 0 Å². The van der Waals surface area contributed by atoms with Crippen molar-refractivity contribution < 1.29 is 0 Å². The Morgan fingerprint density at radius 2 is 2.27 bits per heavy atom. The zero-order valence-electron chi connectivity index (χ0n) is 7.55. The van der Waals surface area contributed by atoms with Crippen molar-refractivity contribution in [1.29, 1.82) is 0 Å². The van der Waals surface area contributed by atoms with E-state index in [1.165, 1.54) is 38.8 Å². The Kier molecular flexibility index (Phi) is 3.87. The summed E-state index contributed by atoms with van der Waals surface area (Å²) >= 11 is 0. The topological polar surface area (TPSA) is 29.3 Å². The van der Waals surface area contributed by atoms with Crippen LogP contribution >= 0.6 is 0 Å². The maximum atomic E-state index is 5.68. The van der Waals surface area contributed by atoms with Crippen molar-refractivity contribution >= 4 is 0 Å². The van der Waals surface area contributed by atoms with Gasteiger partial charge in [0.15, 0.2) is 0 Å². The zero-order valence-corrected chi connectivity index (χ0v) is 7.55. The number of likely N-dealkylation sites (tertiary alicyclic amines) is 1. The molecule has 2 N–H and O–H groups in total. The third-order valence-electron chi connectivity index (χ3n) is 2.53. The van der Waals surface area contributed by atoms with Crippen LogP contribution in [0.1, 0.15) is 32.6 Å². The minimum Gasteiger partial charge on any atom is -0.329 e. The molecule has 2 heteroatoms. The second-order valence-electron chi connectivity index (χ2n) is 3.42. The fourth-order valence-corrected chi connectivity index (χ4v) is 1.91. The predicted octanol–water partition coefficient (Wildman–Crippen LogP) is 1.21. The van der Waals surface area contributed by atoms with Gasteiger partial charge in [-0.15, -0.1) is 0 Å². The highest BCUT2D eigenvalue weighted by atomic mass is 15.2. The van der Waals surface area contributed by atoms with Crippen molar-refractivity contribution in [2.75, 3.05) is 19.6 Å². The lowest BCUT2D eigenvalue weighted by Gasteiger charge is -2.34. The quantitative estimate of drug-likeness (QED) is 0.665. The van der Waals surface area contributed by atoms with Crippen LogP contribution in [0.2, 0.25) is 0 Å². The fourth-order valence-electron chi connectivity index (χ4n) is 1.91. The molecule has 1 aliphatic heterocycles. The molecule has 0 saturated carbocycles. The van der Waals surface area contributed by atoms with E-state index in [2.05, 4.69) is 11.8 Å². The molecule has 0 aromatic heterocycles. The molecule has 1 fully saturated rings. The smallest absolute Gasteiger partial charge is 0.0218 e. The summed E-state index contributed by atoms with van der Waals surface area (Å²) in [4.78, 5) is 2.55. The second kappa shape index (κ2) is 4.73. The first-order valence-corrected chi connectivity index (χ1v) is 4.82. The SMILES string of the molecule is CCCN1CCCC[C@@H]1CN. The monoisotopic (exact) mass is 156 g/mol. The summed E-state index contributed by atoms with van der Waals surface area (Å²) in [5.74, 6) is 0. The van der Waals surface area contributed by atoms with Crippen molar-refractivity contribution in [2.45, 2.75) is 38.6 Å². The van der Waals surface area contributed by atoms with Crippen LogP contribution in [0.25, 0.3) is 0 Å². The molecule has 1 atom stereocenters. The van der Waals surface area contributed by atoms with Crippen molar-refractivity contribution in [2.24, 2.45) is 5.73 Å². The van der Waals surface area contributed by atoms with Gasteiger partial charge in [0.25, 0.3) is 0 Å². The Morgan fingerprint density at radius 1 is 1.45 bits per heavy atom. The maximum Gasteiger partial charge on any atom is 0.0218 e. The molecule has 0 bridgehead atoms. The standard InChI is InChI=1S/C9H20N2/c1-2-6-11-7-4-3-5-9(11)8-10/h9H,2-8,10H2,1H3/t9-/m1/s1. The second-order valence-corrected chi connectivity index (χ2v) is 3.42. The van der Waals surface area contributed by atoms with E-state index in [4.69, 9.17) is 5.73 Å². The van der Waals surface area contributed by atoms with E-state index in [-0.39, 0.29) is 0 Å². The molecular formula is C9H20N2. The first-order chi connectivity index (χ1) is 5.38. The Balaban J connectivity index is 2.31. The van der Waals surface area contributed by atoms with Gasteiger partial charge in [-0.3, -0.25) is 4.90 Å². The van der Waals surface area contributed by atoms with Gasteiger partial charge in [-0.1, -0.05) is 13.3 Å². The van der Waals surface area contributed by atoms with Crippen molar-refractivity contribution in [1.82, 2.24) is 4.90 Å². The number of hydrogen-bond donors (Lipinski definition) is 1.